The summed E-state index contributed by atoms with van der Waals surface area (Å²) in [7, 11) is 0. The predicted octanol–water partition coefficient (Wildman–Crippen LogP) is 3.20. The molecule has 2 nitrogen and oxygen atoms in total. The highest BCUT2D eigenvalue weighted by Gasteiger charge is 2.61. The van der Waals surface area contributed by atoms with Crippen molar-refractivity contribution in [1.29, 1.82) is 0 Å². The second-order valence-electron chi connectivity index (χ2n) is 6.16. The topological polar surface area (TPSA) is 33.1 Å². The SMILES string of the molecule is Cc1ccc2cc(C3(CO)CC3(C)C)ccc2n1. The van der Waals surface area contributed by atoms with Gasteiger partial charge in [0, 0.05) is 16.5 Å². The molecule has 1 aromatic heterocycles. The molecule has 0 amide bonds. The number of aryl methyl sites for hydroxylation is 1. The lowest BCUT2D eigenvalue weighted by atomic mass is 9.88. The minimum atomic E-state index is -0.0495. The summed E-state index contributed by atoms with van der Waals surface area (Å²) in [6.07, 6.45) is 1.06. The Bertz CT molecular complexity index is 618. The van der Waals surface area contributed by atoms with Crippen LogP contribution in [0.4, 0.5) is 0 Å². The molecule has 0 radical (unpaired) electrons. The number of benzene rings is 1. The first-order chi connectivity index (χ1) is 8.48. The molecule has 0 bridgehead atoms. The maximum absolute atomic E-state index is 9.75. The van der Waals surface area contributed by atoms with Gasteiger partial charge in [-0.2, -0.15) is 0 Å². The molecule has 0 aliphatic heterocycles. The number of hydrogen-bond donors (Lipinski definition) is 1. The predicted molar refractivity (Wildman–Crippen MR) is 73.6 cm³/mol. The normalized spacial score (nSPS) is 25.3. The van der Waals surface area contributed by atoms with Gasteiger partial charge in [0.25, 0.3) is 0 Å². The molecule has 1 fully saturated rings. The van der Waals surface area contributed by atoms with Gasteiger partial charge in [-0.05, 0) is 42.5 Å². The molecule has 3 rings (SSSR count). The van der Waals surface area contributed by atoms with Crippen molar-refractivity contribution in [3.05, 3.63) is 41.6 Å². The number of aliphatic hydroxyl groups excluding tert-OH is 1. The van der Waals surface area contributed by atoms with Crippen molar-refractivity contribution in [1.82, 2.24) is 4.98 Å². The Morgan fingerprint density at radius 2 is 1.94 bits per heavy atom. The van der Waals surface area contributed by atoms with Crippen molar-refractivity contribution >= 4 is 10.9 Å². The molecule has 1 heterocycles. The van der Waals surface area contributed by atoms with Gasteiger partial charge in [-0.3, -0.25) is 4.98 Å². The first-order valence-electron chi connectivity index (χ1n) is 6.47. The van der Waals surface area contributed by atoms with E-state index >= 15 is 0 Å². The highest BCUT2D eigenvalue weighted by atomic mass is 16.3. The van der Waals surface area contributed by atoms with Gasteiger partial charge >= 0.3 is 0 Å². The van der Waals surface area contributed by atoms with Crippen LogP contribution in [0.15, 0.2) is 30.3 Å². The van der Waals surface area contributed by atoms with Crippen molar-refractivity contribution in [3.8, 4) is 0 Å². The first kappa shape index (κ1) is 11.7. The van der Waals surface area contributed by atoms with Gasteiger partial charge < -0.3 is 5.11 Å². The molecule has 94 valence electrons. The van der Waals surface area contributed by atoms with E-state index in [1.165, 1.54) is 5.56 Å². The first-order valence-corrected chi connectivity index (χ1v) is 6.47. The van der Waals surface area contributed by atoms with Gasteiger partial charge in [-0.1, -0.05) is 26.0 Å². The molecular formula is C16H19NO. The van der Waals surface area contributed by atoms with E-state index in [0.29, 0.717) is 0 Å². The third-order valence-electron chi connectivity index (χ3n) is 4.57. The maximum atomic E-state index is 9.75. The summed E-state index contributed by atoms with van der Waals surface area (Å²) in [5.74, 6) is 0. The number of nitrogens with zero attached hydrogens (tertiary/aromatic N) is 1. The van der Waals surface area contributed by atoms with Crippen LogP contribution in [0.5, 0.6) is 0 Å². The Morgan fingerprint density at radius 3 is 2.56 bits per heavy atom. The summed E-state index contributed by atoms with van der Waals surface area (Å²) in [6, 6.07) is 10.5. The van der Waals surface area contributed by atoms with E-state index < -0.39 is 0 Å². The average Bonchev–Trinajstić information content (AvgIpc) is 2.92. The standard InChI is InChI=1S/C16H19NO/c1-11-4-5-12-8-13(6-7-14(12)17-11)16(10-18)9-15(16,2)3/h4-8,18H,9-10H2,1-3H3. The molecule has 0 spiro atoms. The fourth-order valence-corrected chi connectivity index (χ4v) is 3.09. The van der Waals surface area contributed by atoms with Gasteiger partial charge in [-0.15, -0.1) is 0 Å². The molecule has 18 heavy (non-hydrogen) atoms. The van der Waals surface area contributed by atoms with Crippen LogP contribution in [0.2, 0.25) is 0 Å². The lowest BCUT2D eigenvalue weighted by Gasteiger charge is -2.18. The Labute approximate surface area is 108 Å². The summed E-state index contributed by atoms with van der Waals surface area (Å²) in [5, 5.41) is 10.9. The summed E-state index contributed by atoms with van der Waals surface area (Å²) in [4.78, 5) is 4.52. The molecular weight excluding hydrogens is 222 g/mol. The second kappa shape index (κ2) is 3.55. The lowest BCUT2D eigenvalue weighted by molar-refractivity contribution is 0.231. The summed E-state index contributed by atoms with van der Waals surface area (Å²) in [6.45, 7) is 6.68. The van der Waals surface area contributed by atoms with Gasteiger partial charge in [0.2, 0.25) is 0 Å². The van der Waals surface area contributed by atoms with Crippen LogP contribution in [0, 0.1) is 12.3 Å². The van der Waals surface area contributed by atoms with Crippen LogP contribution >= 0.6 is 0 Å². The number of fused-ring (bicyclic) bond motifs is 1. The van der Waals surface area contributed by atoms with Crippen molar-refractivity contribution in [2.75, 3.05) is 6.61 Å². The largest absolute Gasteiger partial charge is 0.395 e. The highest BCUT2D eigenvalue weighted by Crippen LogP contribution is 2.64. The molecule has 1 aliphatic carbocycles. The smallest absolute Gasteiger partial charge is 0.0705 e. The van der Waals surface area contributed by atoms with Crippen molar-refractivity contribution in [3.63, 3.8) is 0 Å². The van der Waals surface area contributed by atoms with E-state index in [-0.39, 0.29) is 17.4 Å². The quantitative estimate of drug-likeness (QED) is 0.875. The van der Waals surface area contributed by atoms with Crippen LogP contribution in [-0.4, -0.2) is 16.7 Å². The second-order valence-corrected chi connectivity index (χ2v) is 6.16. The van der Waals surface area contributed by atoms with E-state index in [9.17, 15) is 5.11 Å². The lowest BCUT2D eigenvalue weighted by Crippen LogP contribution is -2.19. The molecule has 1 aromatic carbocycles. The monoisotopic (exact) mass is 241 g/mol. The highest BCUT2D eigenvalue weighted by molar-refractivity contribution is 5.80. The molecule has 2 aromatic rings. The number of rotatable bonds is 2. The molecule has 0 saturated heterocycles. The van der Waals surface area contributed by atoms with Crippen LogP contribution in [0.25, 0.3) is 10.9 Å². The Kier molecular flexibility index (Phi) is 2.30. The molecule has 1 N–H and O–H groups in total. The van der Waals surface area contributed by atoms with Crippen molar-refractivity contribution in [2.45, 2.75) is 32.6 Å². The van der Waals surface area contributed by atoms with Crippen LogP contribution in [0.1, 0.15) is 31.5 Å². The number of aliphatic hydroxyl groups is 1. The van der Waals surface area contributed by atoms with Gasteiger partial charge in [0.05, 0.1) is 12.1 Å². The molecule has 1 unspecified atom stereocenters. The van der Waals surface area contributed by atoms with Crippen molar-refractivity contribution in [2.24, 2.45) is 5.41 Å². The average molecular weight is 241 g/mol. The van der Waals surface area contributed by atoms with E-state index in [4.69, 9.17) is 0 Å². The summed E-state index contributed by atoms with van der Waals surface area (Å²) < 4.78 is 0. The summed E-state index contributed by atoms with van der Waals surface area (Å²) >= 11 is 0. The van der Waals surface area contributed by atoms with E-state index in [2.05, 4.69) is 43.1 Å². The molecule has 1 atom stereocenters. The van der Waals surface area contributed by atoms with Crippen LogP contribution < -0.4 is 0 Å². The van der Waals surface area contributed by atoms with Crippen molar-refractivity contribution < 1.29 is 5.11 Å². The summed E-state index contributed by atoms with van der Waals surface area (Å²) in [5.41, 5.74) is 3.47. The van der Waals surface area contributed by atoms with E-state index in [1.807, 2.05) is 13.0 Å². The molecule has 2 heteroatoms. The number of aromatic nitrogens is 1. The molecule has 1 aliphatic rings. The van der Waals surface area contributed by atoms with Crippen LogP contribution in [0.3, 0.4) is 0 Å². The number of hydrogen-bond acceptors (Lipinski definition) is 2. The molecule has 1 saturated carbocycles. The minimum Gasteiger partial charge on any atom is -0.395 e. The fourth-order valence-electron chi connectivity index (χ4n) is 3.09. The van der Waals surface area contributed by atoms with Gasteiger partial charge in [-0.25, -0.2) is 0 Å². The third-order valence-corrected chi connectivity index (χ3v) is 4.57. The Morgan fingerprint density at radius 1 is 1.22 bits per heavy atom. The minimum absolute atomic E-state index is 0.0495. The Hall–Kier alpha value is -1.41. The van der Waals surface area contributed by atoms with Crippen LogP contribution in [-0.2, 0) is 5.41 Å². The maximum Gasteiger partial charge on any atom is 0.0705 e. The number of pyridine rings is 1. The van der Waals surface area contributed by atoms with Gasteiger partial charge in [0.15, 0.2) is 0 Å². The van der Waals surface area contributed by atoms with Gasteiger partial charge in [0.1, 0.15) is 0 Å². The van der Waals surface area contributed by atoms with E-state index in [1.54, 1.807) is 0 Å². The fraction of sp³-hybridized carbons (Fsp3) is 0.438. The zero-order valence-corrected chi connectivity index (χ0v) is 11.2. The third kappa shape index (κ3) is 1.49. The Balaban J connectivity index is 2.12. The zero-order valence-electron chi connectivity index (χ0n) is 11.2. The van der Waals surface area contributed by atoms with E-state index in [0.717, 1.165) is 23.0 Å². The zero-order chi connectivity index (χ0) is 13.0.